The predicted molar refractivity (Wildman–Crippen MR) is 79.9 cm³/mol. The van der Waals surface area contributed by atoms with Crippen LogP contribution in [0, 0.1) is 0 Å². The van der Waals surface area contributed by atoms with Gasteiger partial charge in [-0.05, 0) is 48.5 Å². The van der Waals surface area contributed by atoms with E-state index in [1.807, 2.05) is 0 Å². The third-order valence-electron chi connectivity index (χ3n) is 2.51. The minimum absolute atomic E-state index is 0.148. The standard InChI is InChI=1S/C15H14Cl2O3/c16-11-1-5-14(6-2-11)19-9-13(18)10-20-15-7-3-12(17)4-8-15/h1-8,13,18H,9-10H2. The van der Waals surface area contributed by atoms with Crippen molar-refractivity contribution in [3.63, 3.8) is 0 Å². The fraction of sp³-hybridized carbons (Fsp3) is 0.200. The van der Waals surface area contributed by atoms with Crippen LogP contribution < -0.4 is 9.47 Å². The van der Waals surface area contributed by atoms with Crippen LogP contribution in [0.4, 0.5) is 0 Å². The van der Waals surface area contributed by atoms with Gasteiger partial charge in [0.2, 0.25) is 0 Å². The monoisotopic (exact) mass is 312 g/mol. The molecule has 0 fully saturated rings. The Morgan fingerprint density at radius 2 is 1.10 bits per heavy atom. The molecule has 0 bridgehead atoms. The molecule has 0 saturated carbocycles. The molecule has 0 spiro atoms. The van der Waals surface area contributed by atoms with E-state index in [0.717, 1.165) is 0 Å². The molecule has 0 aliphatic heterocycles. The maximum absolute atomic E-state index is 9.78. The second-order valence-corrected chi connectivity index (χ2v) is 5.06. The average Bonchev–Trinajstić information content (AvgIpc) is 2.46. The summed E-state index contributed by atoms with van der Waals surface area (Å²) in [7, 11) is 0. The van der Waals surface area contributed by atoms with Crippen LogP contribution >= 0.6 is 23.2 Å². The molecule has 106 valence electrons. The molecule has 0 aliphatic carbocycles. The SMILES string of the molecule is OC(COc1ccc(Cl)cc1)COc1ccc(Cl)cc1. The molecule has 0 unspecified atom stereocenters. The Hall–Kier alpha value is -1.42. The lowest BCUT2D eigenvalue weighted by molar-refractivity contribution is 0.0626. The van der Waals surface area contributed by atoms with Crippen molar-refractivity contribution in [2.45, 2.75) is 6.10 Å². The summed E-state index contributed by atoms with van der Waals surface area (Å²) in [6.07, 6.45) is -0.721. The molecule has 0 heterocycles. The van der Waals surface area contributed by atoms with Gasteiger partial charge in [0, 0.05) is 10.0 Å². The first-order chi connectivity index (χ1) is 9.63. The molecule has 20 heavy (non-hydrogen) atoms. The van der Waals surface area contributed by atoms with Gasteiger partial charge in [-0.1, -0.05) is 23.2 Å². The Kier molecular flexibility index (Phi) is 5.53. The molecule has 2 rings (SSSR count). The number of hydrogen-bond donors (Lipinski definition) is 1. The molecular formula is C15H14Cl2O3. The van der Waals surface area contributed by atoms with Crippen molar-refractivity contribution < 1.29 is 14.6 Å². The van der Waals surface area contributed by atoms with Gasteiger partial charge in [-0.15, -0.1) is 0 Å². The summed E-state index contributed by atoms with van der Waals surface area (Å²) in [5.41, 5.74) is 0. The lowest BCUT2D eigenvalue weighted by Gasteiger charge is -2.13. The molecule has 0 aromatic heterocycles. The third-order valence-corrected chi connectivity index (χ3v) is 3.02. The zero-order chi connectivity index (χ0) is 14.4. The summed E-state index contributed by atoms with van der Waals surface area (Å²) >= 11 is 11.5. The van der Waals surface area contributed by atoms with Gasteiger partial charge >= 0.3 is 0 Å². The summed E-state index contributed by atoms with van der Waals surface area (Å²) in [5.74, 6) is 1.31. The van der Waals surface area contributed by atoms with Crippen molar-refractivity contribution in [3.8, 4) is 11.5 Å². The van der Waals surface area contributed by atoms with E-state index >= 15 is 0 Å². The van der Waals surface area contributed by atoms with Crippen LogP contribution in [0.3, 0.4) is 0 Å². The van der Waals surface area contributed by atoms with E-state index in [2.05, 4.69) is 0 Å². The summed E-state index contributed by atoms with van der Waals surface area (Å²) in [5, 5.41) is 11.1. The molecule has 0 aliphatic rings. The van der Waals surface area contributed by atoms with Gasteiger partial charge < -0.3 is 14.6 Å². The van der Waals surface area contributed by atoms with E-state index < -0.39 is 6.10 Å². The van der Waals surface area contributed by atoms with Crippen LogP contribution in [0.25, 0.3) is 0 Å². The second-order valence-electron chi connectivity index (χ2n) is 4.18. The van der Waals surface area contributed by atoms with E-state index in [1.165, 1.54) is 0 Å². The van der Waals surface area contributed by atoms with Gasteiger partial charge in [-0.3, -0.25) is 0 Å². The lowest BCUT2D eigenvalue weighted by atomic mass is 10.3. The Morgan fingerprint density at radius 3 is 1.45 bits per heavy atom. The highest BCUT2D eigenvalue weighted by molar-refractivity contribution is 6.30. The molecule has 5 heteroatoms. The largest absolute Gasteiger partial charge is 0.491 e. The van der Waals surface area contributed by atoms with Crippen molar-refractivity contribution in [1.29, 1.82) is 0 Å². The van der Waals surface area contributed by atoms with E-state index in [1.54, 1.807) is 48.5 Å². The fourth-order valence-electron chi connectivity index (χ4n) is 1.49. The summed E-state index contributed by atoms with van der Waals surface area (Å²) in [4.78, 5) is 0. The number of ether oxygens (including phenoxy) is 2. The van der Waals surface area contributed by atoms with Crippen molar-refractivity contribution in [3.05, 3.63) is 58.6 Å². The van der Waals surface area contributed by atoms with Crippen molar-refractivity contribution in [1.82, 2.24) is 0 Å². The quantitative estimate of drug-likeness (QED) is 0.881. The van der Waals surface area contributed by atoms with Gasteiger partial charge in [0.1, 0.15) is 30.8 Å². The zero-order valence-corrected chi connectivity index (χ0v) is 12.1. The number of rotatable bonds is 6. The molecule has 0 radical (unpaired) electrons. The average molecular weight is 313 g/mol. The van der Waals surface area contributed by atoms with Crippen molar-refractivity contribution in [2.75, 3.05) is 13.2 Å². The molecule has 0 saturated heterocycles. The number of aliphatic hydroxyl groups is 1. The third kappa shape index (κ3) is 4.93. The predicted octanol–water partition coefficient (Wildman–Crippen LogP) is 3.81. The first kappa shape index (κ1) is 15.0. The molecule has 0 amide bonds. The molecule has 3 nitrogen and oxygen atoms in total. The number of benzene rings is 2. The normalized spacial score (nSPS) is 10.6. The number of aliphatic hydroxyl groups excluding tert-OH is 1. The van der Waals surface area contributed by atoms with Crippen LogP contribution in [0.2, 0.25) is 10.0 Å². The van der Waals surface area contributed by atoms with Crippen LogP contribution in [-0.2, 0) is 0 Å². The Balaban J connectivity index is 1.73. The number of hydrogen-bond acceptors (Lipinski definition) is 3. The summed E-state index contributed by atoms with van der Waals surface area (Å²) in [6, 6.07) is 13.9. The van der Waals surface area contributed by atoms with Crippen LogP contribution in [0.5, 0.6) is 11.5 Å². The maximum Gasteiger partial charge on any atom is 0.122 e. The Labute approximate surface area is 127 Å². The van der Waals surface area contributed by atoms with Crippen LogP contribution in [0.1, 0.15) is 0 Å². The molecule has 0 atom stereocenters. The first-order valence-electron chi connectivity index (χ1n) is 6.08. The van der Waals surface area contributed by atoms with E-state index in [4.69, 9.17) is 32.7 Å². The highest BCUT2D eigenvalue weighted by atomic mass is 35.5. The second kappa shape index (κ2) is 7.39. The van der Waals surface area contributed by atoms with Gasteiger partial charge in [0.25, 0.3) is 0 Å². The molecule has 1 N–H and O–H groups in total. The highest BCUT2D eigenvalue weighted by Gasteiger charge is 2.06. The summed E-state index contributed by atoms with van der Waals surface area (Å²) in [6.45, 7) is 0.296. The first-order valence-corrected chi connectivity index (χ1v) is 6.84. The fourth-order valence-corrected chi connectivity index (χ4v) is 1.75. The minimum atomic E-state index is -0.721. The van der Waals surface area contributed by atoms with Gasteiger partial charge in [-0.25, -0.2) is 0 Å². The van der Waals surface area contributed by atoms with E-state index in [9.17, 15) is 5.11 Å². The topological polar surface area (TPSA) is 38.7 Å². The lowest BCUT2D eigenvalue weighted by Crippen LogP contribution is -2.25. The minimum Gasteiger partial charge on any atom is -0.491 e. The number of halogens is 2. The van der Waals surface area contributed by atoms with Gasteiger partial charge in [-0.2, -0.15) is 0 Å². The zero-order valence-electron chi connectivity index (χ0n) is 10.6. The molecule has 2 aromatic carbocycles. The summed E-state index contributed by atoms with van der Waals surface area (Å²) < 4.78 is 10.8. The van der Waals surface area contributed by atoms with Crippen molar-refractivity contribution >= 4 is 23.2 Å². The van der Waals surface area contributed by atoms with Crippen LogP contribution in [-0.4, -0.2) is 24.4 Å². The smallest absolute Gasteiger partial charge is 0.122 e. The highest BCUT2D eigenvalue weighted by Crippen LogP contribution is 2.17. The maximum atomic E-state index is 9.78. The Morgan fingerprint density at radius 1 is 0.750 bits per heavy atom. The van der Waals surface area contributed by atoms with Gasteiger partial charge in [0.05, 0.1) is 0 Å². The van der Waals surface area contributed by atoms with Crippen molar-refractivity contribution in [2.24, 2.45) is 0 Å². The van der Waals surface area contributed by atoms with E-state index in [-0.39, 0.29) is 13.2 Å². The molecular weight excluding hydrogens is 299 g/mol. The van der Waals surface area contributed by atoms with Crippen LogP contribution in [0.15, 0.2) is 48.5 Å². The van der Waals surface area contributed by atoms with Gasteiger partial charge in [0.15, 0.2) is 0 Å². The van der Waals surface area contributed by atoms with E-state index in [0.29, 0.717) is 21.5 Å². The Bertz CT molecular complexity index is 476. The molecule has 2 aromatic rings.